The maximum absolute atomic E-state index is 15.5. The number of Topliss-reactive ketones (excluding diaryl/α,β-unsaturated/α-hetero) is 1. The number of carbonyl (C=O) groups is 2. The maximum Gasteiger partial charge on any atom is 0.326 e. The zero-order valence-corrected chi connectivity index (χ0v) is 11.2. The van der Waals surface area contributed by atoms with E-state index in [9.17, 15) is 18.4 Å². The number of ketones is 1. The third-order valence-electron chi connectivity index (χ3n) is 4.25. The molecule has 2 unspecified atom stereocenters. The molecule has 21 heavy (non-hydrogen) atoms. The van der Waals surface area contributed by atoms with Gasteiger partial charge in [-0.25, -0.2) is 4.39 Å². The van der Waals surface area contributed by atoms with Crippen molar-refractivity contribution in [3.8, 4) is 0 Å². The zero-order chi connectivity index (χ0) is 15.3. The van der Waals surface area contributed by atoms with Crippen molar-refractivity contribution in [1.29, 1.82) is 0 Å². The summed E-state index contributed by atoms with van der Waals surface area (Å²) in [6.07, 6.45) is 0.724. The van der Waals surface area contributed by atoms with Gasteiger partial charge in [-0.1, -0.05) is 30.3 Å². The van der Waals surface area contributed by atoms with E-state index in [-0.39, 0.29) is 18.4 Å². The molecule has 2 aliphatic heterocycles. The van der Waals surface area contributed by atoms with Gasteiger partial charge < -0.3 is 4.90 Å². The highest BCUT2D eigenvalue weighted by Crippen LogP contribution is 2.46. The second kappa shape index (κ2) is 4.58. The van der Waals surface area contributed by atoms with Gasteiger partial charge in [-0.2, -0.15) is 8.78 Å². The Kier molecular flexibility index (Phi) is 3.07. The molecule has 1 aromatic rings. The first-order chi connectivity index (χ1) is 9.87. The molecule has 0 bridgehead atoms. The lowest BCUT2D eigenvalue weighted by Gasteiger charge is -2.48. The zero-order valence-electron chi connectivity index (χ0n) is 11.2. The fourth-order valence-electron chi connectivity index (χ4n) is 3.24. The molecule has 2 fully saturated rings. The monoisotopic (exact) mass is 297 g/mol. The van der Waals surface area contributed by atoms with Crippen LogP contribution in [0.25, 0.3) is 0 Å². The van der Waals surface area contributed by atoms with Crippen LogP contribution in [0.15, 0.2) is 30.3 Å². The third-order valence-corrected chi connectivity index (χ3v) is 4.25. The van der Waals surface area contributed by atoms with Crippen molar-refractivity contribution < 1.29 is 22.8 Å². The van der Waals surface area contributed by atoms with Crippen LogP contribution in [0, 0.1) is 0 Å². The summed E-state index contributed by atoms with van der Waals surface area (Å²) < 4.78 is 43.4. The highest BCUT2D eigenvalue weighted by Gasteiger charge is 2.65. The molecular weight excluding hydrogens is 283 g/mol. The van der Waals surface area contributed by atoms with Crippen LogP contribution < -0.4 is 0 Å². The first-order valence-electron chi connectivity index (χ1n) is 6.84. The molecule has 6 heteroatoms. The number of piperidine rings is 2. The minimum Gasteiger partial charge on any atom is -0.329 e. The molecule has 3 rings (SSSR count). The molecule has 0 aliphatic carbocycles. The second-order valence-corrected chi connectivity index (χ2v) is 5.54. The van der Waals surface area contributed by atoms with E-state index in [2.05, 4.69) is 0 Å². The fraction of sp³-hybridized carbons (Fsp3) is 0.467. The van der Waals surface area contributed by atoms with Gasteiger partial charge in [0.05, 0.1) is 12.6 Å². The molecule has 2 atom stereocenters. The van der Waals surface area contributed by atoms with Gasteiger partial charge in [0.2, 0.25) is 17.4 Å². The molecule has 0 N–H and O–H groups in total. The predicted octanol–water partition coefficient (Wildman–Crippen LogP) is 2.45. The highest BCUT2D eigenvalue weighted by atomic mass is 19.3. The van der Waals surface area contributed by atoms with Crippen molar-refractivity contribution in [2.24, 2.45) is 0 Å². The smallest absolute Gasteiger partial charge is 0.326 e. The van der Waals surface area contributed by atoms with Crippen molar-refractivity contribution in [1.82, 2.24) is 4.90 Å². The number of alkyl halides is 3. The average Bonchev–Trinajstić information content (AvgIpc) is 2.47. The van der Waals surface area contributed by atoms with Crippen LogP contribution in [-0.2, 0) is 15.3 Å². The Balaban J connectivity index is 2.14. The van der Waals surface area contributed by atoms with E-state index in [1.54, 1.807) is 6.07 Å². The number of rotatable bonds is 1. The minimum absolute atomic E-state index is 0.112. The number of amides is 1. The molecular formula is C15H14F3NO2. The summed E-state index contributed by atoms with van der Waals surface area (Å²) in [6.45, 7) is -1.02. The molecule has 0 aromatic heterocycles. The Bertz CT molecular complexity index is 590. The van der Waals surface area contributed by atoms with Crippen LogP contribution in [0.1, 0.15) is 24.8 Å². The standard InChI is InChI=1S/C15H14F3NO2/c16-14(17)9-19-11(7-4-8-12(19)20)15(18,13(14)21)10-5-2-1-3-6-10/h1-3,5-6,11H,4,7-9H2. The molecule has 0 spiro atoms. The van der Waals surface area contributed by atoms with E-state index in [1.165, 1.54) is 24.3 Å². The van der Waals surface area contributed by atoms with Crippen LogP contribution >= 0.6 is 0 Å². The third kappa shape index (κ3) is 1.96. The first kappa shape index (κ1) is 14.1. The highest BCUT2D eigenvalue weighted by molar-refractivity contribution is 5.98. The van der Waals surface area contributed by atoms with Gasteiger partial charge in [0.1, 0.15) is 0 Å². The molecule has 3 nitrogen and oxygen atoms in total. The average molecular weight is 297 g/mol. The summed E-state index contributed by atoms with van der Waals surface area (Å²) >= 11 is 0. The number of fused-ring (bicyclic) bond motifs is 1. The Hall–Kier alpha value is -1.85. The maximum atomic E-state index is 15.5. The van der Waals surface area contributed by atoms with E-state index in [0.29, 0.717) is 6.42 Å². The largest absolute Gasteiger partial charge is 0.329 e. The van der Waals surface area contributed by atoms with Gasteiger partial charge in [0.25, 0.3) is 0 Å². The van der Waals surface area contributed by atoms with Gasteiger partial charge in [-0.05, 0) is 18.4 Å². The van der Waals surface area contributed by atoms with Crippen molar-refractivity contribution >= 4 is 11.7 Å². The van der Waals surface area contributed by atoms with Crippen LogP contribution in [0.3, 0.4) is 0 Å². The Morgan fingerprint density at radius 2 is 1.76 bits per heavy atom. The topological polar surface area (TPSA) is 37.4 Å². The first-order valence-corrected chi connectivity index (χ1v) is 6.84. The SMILES string of the molecule is O=C1CCCC2N1CC(F)(F)C(=O)C2(F)c1ccccc1. The molecule has 112 valence electrons. The lowest BCUT2D eigenvalue weighted by molar-refractivity contribution is -0.188. The summed E-state index contributed by atoms with van der Waals surface area (Å²) in [7, 11) is 0. The molecule has 0 saturated carbocycles. The van der Waals surface area contributed by atoms with E-state index < -0.39 is 35.9 Å². The summed E-state index contributed by atoms with van der Waals surface area (Å²) in [5.74, 6) is -6.12. The van der Waals surface area contributed by atoms with Crippen molar-refractivity contribution in [2.75, 3.05) is 6.54 Å². The number of hydrogen-bond acceptors (Lipinski definition) is 2. The lowest BCUT2D eigenvalue weighted by Crippen LogP contribution is -2.68. The quantitative estimate of drug-likeness (QED) is 0.798. The number of halogens is 3. The van der Waals surface area contributed by atoms with Crippen LogP contribution in [0.2, 0.25) is 0 Å². The molecule has 2 saturated heterocycles. The van der Waals surface area contributed by atoms with Gasteiger partial charge in [-0.3, -0.25) is 9.59 Å². The number of carbonyl (C=O) groups excluding carboxylic acids is 2. The Morgan fingerprint density at radius 1 is 1.10 bits per heavy atom. The number of nitrogens with zero attached hydrogens (tertiary/aromatic N) is 1. The normalized spacial score (nSPS) is 32.0. The summed E-state index contributed by atoms with van der Waals surface area (Å²) in [6, 6.07) is 6.08. The van der Waals surface area contributed by atoms with Crippen LogP contribution in [0.4, 0.5) is 13.2 Å². The minimum atomic E-state index is -3.87. The van der Waals surface area contributed by atoms with Crippen molar-refractivity contribution in [3.05, 3.63) is 35.9 Å². The summed E-state index contributed by atoms with van der Waals surface area (Å²) in [4.78, 5) is 24.8. The fourth-order valence-corrected chi connectivity index (χ4v) is 3.24. The van der Waals surface area contributed by atoms with Crippen molar-refractivity contribution in [2.45, 2.75) is 36.9 Å². The molecule has 0 radical (unpaired) electrons. The van der Waals surface area contributed by atoms with E-state index in [1.807, 2.05) is 0 Å². The van der Waals surface area contributed by atoms with Gasteiger partial charge in [0.15, 0.2) is 0 Å². The van der Waals surface area contributed by atoms with E-state index in [4.69, 9.17) is 0 Å². The predicted molar refractivity (Wildman–Crippen MR) is 68.5 cm³/mol. The second-order valence-electron chi connectivity index (χ2n) is 5.54. The summed E-state index contributed by atoms with van der Waals surface area (Å²) in [5.41, 5.74) is -2.96. The van der Waals surface area contributed by atoms with E-state index in [0.717, 1.165) is 4.90 Å². The Labute approximate surface area is 119 Å². The number of benzene rings is 1. The molecule has 2 aliphatic rings. The lowest BCUT2D eigenvalue weighted by atomic mass is 9.74. The summed E-state index contributed by atoms with van der Waals surface area (Å²) in [5, 5.41) is 0. The van der Waals surface area contributed by atoms with Gasteiger partial charge in [-0.15, -0.1) is 0 Å². The van der Waals surface area contributed by atoms with Crippen molar-refractivity contribution in [3.63, 3.8) is 0 Å². The molecule has 1 amide bonds. The molecule has 1 aromatic carbocycles. The molecule has 2 heterocycles. The van der Waals surface area contributed by atoms with Gasteiger partial charge >= 0.3 is 5.92 Å². The van der Waals surface area contributed by atoms with Crippen LogP contribution in [0.5, 0.6) is 0 Å². The Morgan fingerprint density at radius 3 is 2.43 bits per heavy atom. The van der Waals surface area contributed by atoms with Crippen LogP contribution in [-0.4, -0.2) is 35.1 Å². The number of hydrogen-bond donors (Lipinski definition) is 0. The van der Waals surface area contributed by atoms with E-state index >= 15 is 4.39 Å². The van der Waals surface area contributed by atoms with Gasteiger partial charge in [0, 0.05) is 6.42 Å².